The summed E-state index contributed by atoms with van der Waals surface area (Å²) in [5.41, 5.74) is 4.07. The van der Waals surface area contributed by atoms with Crippen molar-refractivity contribution < 1.29 is 9.53 Å². The van der Waals surface area contributed by atoms with Crippen molar-refractivity contribution in [2.24, 2.45) is 5.10 Å². The number of hydrazone groups is 1. The lowest BCUT2D eigenvalue weighted by molar-refractivity contribution is -0.127. The smallest absolute Gasteiger partial charge is 0.280 e. The Morgan fingerprint density at radius 1 is 1.25 bits per heavy atom. The predicted molar refractivity (Wildman–Crippen MR) is 101 cm³/mol. The van der Waals surface area contributed by atoms with Gasteiger partial charge >= 0.3 is 0 Å². The van der Waals surface area contributed by atoms with Gasteiger partial charge in [0.1, 0.15) is 5.75 Å². The lowest BCUT2D eigenvalue weighted by atomic mass is 10.1. The van der Waals surface area contributed by atoms with Crippen molar-refractivity contribution >= 4 is 50.8 Å². The van der Waals surface area contributed by atoms with E-state index in [2.05, 4.69) is 26.5 Å². The van der Waals surface area contributed by atoms with Gasteiger partial charge in [-0.15, -0.1) is 0 Å². The van der Waals surface area contributed by atoms with Gasteiger partial charge in [0.15, 0.2) is 6.10 Å². The maximum Gasteiger partial charge on any atom is 0.280 e. The van der Waals surface area contributed by atoms with E-state index < -0.39 is 6.10 Å². The van der Waals surface area contributed by atoms with Crippen LogP contribution in [0.15, 0.2) is 52.0 Å². The molecule has 126 valence electrons. The molecule has 1 atom stereocenters. The van der Waals surface area contributed by atoms with Crippen molar-refractivity contribution in [3.8, 4) is 5.75 Å². The van der Waals surface area contributed by atoms with E-state index in [4.69, 9.17) is 27.9 Å². The number of rotatable bonds is 5. The van der Waals surface area contributed by atoms with Crippen LogP contribution in [-0.2, 0) is 4.79 Å². The Labute approximate surface area is 158 Å². The van der Waals surface area contributed by atoms with E-state index in [9.17, 15) is 4.79 Å². The predicted octanol–water partition coefficient (Wildman–Crippen LogP) is 5.06. The highest BCUT2D eigenvalue weighted by Gasteiger charge is 2.16. The second kappa shape index (κ2) is 8.51. The van der Waals surface area contributed by atoms with Crippen LogP contribution in [0.2, 0.25) is 10.0 Å². The molecule has 0 spiro atoms. The quantitative estimate of drug-likeness (QED) is 0.533. The summed E-state index contributed by atoms with van der Waals surface area (Å²) in [4.78, 5) is 12.1. The first-order valence-corrected chi connectivity index (χ1v) is 8.63. The zero-order valence-corrected chi connectivity index (χ0v) is 16.1. The van der Waals surface area contributed by atoms with E-state index >= 15 is 0 Å². The summed E-state index contributed by atoms with van der Waals surface area (Å²) >= 11 is 15.3. The third-order valence-electron chi connectivity index (χ3n) is 3.14. The maximum absolute atomic E-state index is 12.1. The number of carbonyl (C=O) groups excluding carboxylic acids is 1. The van der Waals surface area contributed by atoms with E-state index in [1.165, 1.54) is 0 Å². The van der Waals surface area contributed by atoms with Crippen LogP contribution in [0.3, 0.4) is 0 Å². The minimum atomic E-state index is -0.761. The van der Waals surface area contributed by atoms with Crippen LogP contribution < -0.4 is 10.2 Å². The molecular weight excluding hydrogens is 415 g/mol. The Morgan fingerprint density at radius 2 is 2.00 bits per heavy atom. The van der Waals surface area contributed by atoms with Crippen molar-refractivity contribution in [2.45, 2.75) is 20.0 Å². The molecule has 0 aromatic heterocycles. The van der Waals surface area contributed by atoms with Crippen molar-refractivity contribution in [2.75, 3.05) is 0 Å². The van der Waals surface area contributed by atoms with Crippen LogP contribution in [0.1, 0.15) is 19.4 Å². The first-order valence-electron chi connectivity index (χ1n) is 7.08. The molecule has 0 heterocycles. The fourth-order valence-electron chi connectivity index (χ4n) is 1.82. The van der Waals surface area contributed by atoms with Gasteiger partial charge in [0.25, 0.3) is 5.91 Å². The van der Waals surface area contributed by atoms with E-state index in [1.807, 2.05) is 31.2 Å². The topological polar surface area (TPSA) is 50.7 Å². The highest BCUT2D eigenvalue weighted by molar-refractivity contribution is 9.10. The summed E-state index contributed by atoms with van der Waals surface area (Å²) in [6.07, 6.45) is -0.761. The molecule has 2 aromatic rings. The molecule has 0 saturated heterocycles. The lowest BCUT2D eigenvalue weighted by Crippen LogP contribution is -2.34. The fraction of sp³-hybridized carbons (Fsp3) is 0.176. The molecule has 2 rings (SSSR count). The molecule has 1 unspecified atom stereocenters. The minimum Gasteiger partial charge on any atom is -0.479 e. The van der Waals surface area contributed by atoms with Gasteiger partial charge in [-0.05, 0) is 49.7 Å². The molecule has 1 amide bonds. The average Bonchev–Trinajstić information content (AvgIpc) is 2.54. The molecule has 1 N–H and O–H groups in total. The van der Waals surface area contributed by atoms with Crippen LogP contribution >= 0.6 is 39.1 Å². The molecule has 24 heavy (non-hydrogen) atoms. The Hall–Kier alpha value is -1.56. The minimum absolute atomic E-state index is 0.343. The van der Waals surface area contributed by atoms with Crippen molar-refractivity contribution in [3.63, 3.8) is 0 Å². The average molecular weight is 430 g/mol. The number of hydrogen-bond acceptors (Lipinski definition) is 3. The third kappa shape index (κ3) is 5.23. The van der Waals surface area contributed by atoms with Gasteiger partial charge in [0.05, 0.1) is 10.7 Å². The molecule has 0 radical (unpaired) electrons. The lowest BCUT2D eigenvalue weighted by Gasteiger charge is -2.14. The summed E-state index contributed by atoms with van der Waals surface area (Å²) in [5.74, 6) is 0.00627. The number of nitrogens with zero attached hydrogens (tertiary/aromatic N) is 1. The van der Waals surface area contributed by atoms with Gasteiger partial charge in [-0.1, -0.05) is 51.3 Å². The summed E-state index contributed by atoms with van der Waals surface area (Å²) in [7, 11) is 0. The van der Waals surface area contributed by atoms with Crippen LogP contribution in [0.5, 0.6) is 5.75 Å². The molecule has 0 aliphatic rings. The summed E-state index contributed by atoms with van der Waals surface area (Å²) in [6.45, 7) is 3.42. The SMILES string of the molecule is C/C(=N\NC(=O)C(C)Oc1ccc(Cl)cc1Cl)c1cccc(Br)c1. The molecule has 4 nitrogen and oxygen atoms in total. The zero-order valence-electron chi connectivity index (χ0n) is 13.0. The molecule has 7 heteroatoms. The van der Waals surface area contributed by atoms with Gasteiger partial charge in [-0.2, -0.15) is 5.10 Å². The number of halogens is 3. The van der Waals surface area contributed by atoms with Crippen molar-refractivity contribution in [1.29, 1.82) is 0 Å². The highest BCUT2D eigenvalue weighted by Crippen LogP contribution is 2.28. The van der Waals surface area contributed by atoms with Gasteiger partial charge in [-0.3, -0.25) is 4.79 Å². The molecule has 0 bridgehead atoms. The fourth-order valence-corrected chi connectivity index (χ4v) is 2.67. The number of carbonyl (C=O) groups is 1. The molecule has 0 aliphatic heterocycles. The number of benzene rings is 2. The van der Waals surface area contributed by atoms with E-state index in [1.54, 1.807) is 25.1 Å². The molecule has 2 aromatic carbocycles. The van der Waals surface area contributed by atoms with Gasteiger partial charge in [0.2, 0.25) is 0 Å². The Morgan fingerprint density at radius 3 is 2.67 bits per heavy atom. The van der Waals surface area contributed by atoms with E-state index in [-0.39, 0.29) is 5.91 Å². The molecule has 0 saturated carbocycles. The van der Waals surface area contributed by atoms with Crippen LogP contribution in [-0.4, -0.2) is 17.7 Å². The largest absolute Gasteiger partial charge is 0.479 e. The van der Waals surface area contributed by atoms with Crippen molar-refractivity contribution in [1.82, 2.24) is 5.43 Å². The normalized spacial score (nSPS) is 12.6. The van der Waals surface area contributed by atoms with Gasteiger partial charge in [-0.25, -0.2) is 5.43 Å². The van der Waals surface area contributed by atoms with E-state index in [0.717, 1.165) is 10.0 Å². The number of ether oxygens (including phenoxy) is 1. The third-order valence-corrected chi connectivity index (χ3v) is 4.17. The first-order chi connectivity index (χ1) is 11.4. The van der Waals surface area contributed by atoms with E-state index in [0.29, 0.717) is 21.5 Å². The standard InChI is InChI=1S/C17H15BrCl2N2O2/c1-10(12-4-3-5-13(18)8-12)21-22-17(23)11(2)24-16-7-6-14(19)9-15(16)20/h3-9,11H,1-2H3,(H,22,23)/b21-10+. The first kappa shape index (κ1) is 18.8. The Balaban J connectivity index is 1.99. The van der Waals surface area contributed by atoms with Gasteiger partial charge < -0.3 is 4.74 Å². The second-order valence-electron chi connectivity index (χ2n) is 5.02. The monoisotopic (exact) mass is 428 g/mol. The van der Waals surface area contributed by atoms with Crippen LogP contribution in [0, 0.1) is 0 Å². The summed E-state index contributed by atoms with van der Waals surface area (Å²) < 4.78 is 6.48. The highest BCUT2D eigenvalue weighted by atomic mass is 79.9. The van der Waals surface area contributed by atoms with Crippen molar-refractivity contribution in [3.05, 3.63) is 62.5 Å². The zero-order chi connectivity index (χ0) is 17.7. The Bertz CT molecular complexity index is 781. The number of amides is 1. The second-order valence-corrected chi connectivity index (χ2v) is 6.78. The Kier molecular flexibility index (Phi) is 6.66. The van der Waals surface area contributed by atoms with Gasteiger partial charge in [0, 0.05) is 9.50 Å². The molecule has 0 fully saturated rings. The summed E-state index contributed by atoms with van der Waals surface area (Å²) in [6, 6.07) is 12.4. The van der Waals surface area contributed by atoms with Crippen LogP contribution in [0.25, 0.3) is 0 Å². The van der Waals surface area contributed by atoms with Crippen LogP contribution in [0.4, 0.5) is 0 Å². The molecule has 0 aliphatic carbocycles. The molecular formula is C17H15BrCl2N2O2. The summed E-state index contributed by atoms with van der Waals surface area (Å²) in [5, 5.41) is 4.94. The number of nitrogens with one attached hydrogen (secondary N) is 1. The number of hydrogen-bond donors (Lipinski definition) is 1. The maximum atomic E-state index is 12.1.